The van der Waals surface area contributed by atoms with Crippen molar-refractivity contribution in [1.29, 1.82) is 0 Å². The van der Waals surface area contributed by atoms with Gasteiger partial charge in [0.15, 0.2) is 11.5 Å². The zero-order valence-corrected chi connectivity index (χ0v) is 11.2. The van der Waals surface area contributed by atoms with Gasteiger partial charge in [0.05, 0.1) is 0 Å². The Morgan fingerprint density at radius 2 is 2.00 bits per heavy atom. The van der Waals surface area contributed by atoms with Gasteiger partial charge in [0.25, 0.3) is 0 Å². The molecular formula is C14H19NO4. The van der Waals surface area contributed by atoms with Crippen molar-refractivity contribution in [3.63, 3.8) is 0 Å². The first kappa shape index (κ1) is 13.7. The molecular weight excluding hydrogens is 246 g/mol. The monoisotopic (exact) mass is 265 g/mol. The number of nitrogens with two attached hydrogens (primary N) is 1. The van der Waals surface area contributed by atoms with Crippen LogP contribution in [0.15, 0.2) is 6.07 Å². The van der Waals surface area contributed by atoms with E-state index >= 15 is 0 Å². The maximum absolute atomic E-state index is 10.6. The third-order valence-electron chi connectivity index (χ3n) is 3.42. The number of aliphatic carboxylic acids is 1. The van der Waals surface area contributed by atoms with Crippen molar-refractivity contribution in [3.05, 3.63) is 22.8 Å². The fraction of sp³-hybridized carbons (Fsp3) is 0.500. The maximum atomic E-state index is 10.6. The number of benzene rings is 1. The largest absolute Gasteiger partial charge is 0.486 e. The van der Waals surface area contributed by atoms with Gasteiger partial charge in [-0.25, -0.2) is 0 Å². The van der Waals surface area contributed by atoms with E-state index in [-0.39, 0.29) is 12.5 Å². The number of carboxylic acids is 1. The summed E-state index contributed by atoms with van der Waals surface area (Å²) in [4.78, 5) is 10.6. The summed E-state index contributed by atoms with van der Waals surface area (Å²) in [5, 5.41) is 8.73. The van der Waals surface area contributed by atoms with Gasteiger partial charge in [-0.15, -0.1) is 0 Å². The minimum atomic E-state index is -0.842. The Bertz CT molecular complexity index is 499. The summed E-state index contributed by atoms with van der Waals surface area (Å²) < 4.78 is 11.3. The smallest absolute Gasteiger partial charge is 0.303 e. The zero-order chi connectivity index (χ0) is 14.0. The van der Waals surface area contributed by atoms with Gasteiger partial charge < -0.3 is 20.3 Å². The molecule has 5 nitrogen and oxygen atoms in total. The van der Waals surface area contributed by atoms with Crippen LogP contribution in [0.3, 0.4) is 0 Å². The van der Waals surface area contributed by atoms with Crippen LogP contribution in [0.25, 0.3) is 0 Å². The Balaban J connectivity index is 2.34. The molecule has 1 unspecified atom stereocenters. The second-order valence-corrected chi connectivity index (χ2v) is 4.80. The number of carbonyl (C=O) groups is 1. The van der Waals surface area contributed by atoms with Gasteiger partial charge in [-0.3, -0.25) is 4.79 Å². The maximum Gasteiger partial charge on any atom is 0.303 e. The lowest BCUT2D eigenvalue weighted by atomic mass is 9.96. The summed E-state index contributed by atoms with van der Waals surface area (Å²) in [6, 6.07) is 1.61. The molecule has 2 rings (SSSR count). The predicted molar refractivity (Wildman–Crippen MR) is 70.7 cm³/mol. The number of rotatable bonds is 4. The molecule has 0 saturated carbocycles. The number of aryl methyl sites for hydroxylation is 1. The summed E-state index contributed by atoms with van der Waals surface area (Å²) in [6.45, 7) is 4.99. The molecule has 0 spiro atoms. The van der Waals surface area contributed by atoms with Crippen LogP contribution in [0.5, 0.6) is 11.5 Å². The lowest BCUT2D eigenvalue weighted by Gasteiger charge is -2.26. The Kier molecular flexibility index (Phi) is 3.95. The molecule has 0 radical (unpaired) electrons. The summed E-state index contributed by atoms with van der Waals surface area (Å²) in [5.41, 5.74) is 9.04. The first-order valence-corrected chi connectivity index (χ1v) is 6.37. The molecule has 1 heterocycles. The van der Waals surface area contributed by atoms with Crippen molar-refractivity contribution in [2.45, 2.75) is 32.7 Å². The van der Waals surface area contributed by atoms with Crippen molar-refractivity contribution in [1.82, 2.24) is 0 Å². The number of hydrogen-bond acceptors (Lipinski definition) is 4. The van der Waals surface area contributed by atoms with E-state index < -0.39 is 5.97 Å². The molecule has 1 aliphatic rings. The molecule has 0 saturated heterocycles. The number of hydrogen-bond donors (Lipinski definition) is 2. The van der Waals surface area contributed by atoms with E-state index in [0.717, 1.165) is 22.4 Å². The lowest BCUT2D eigenvalue weighted by molar-refractivity contribution is -0.137. The van der Waals surface area contributed by atoms with Crippen LogP contribution in [0.4, 0.5) is 0 Å². The van der Waals surface area contributed by atoms with Crippen molar-refractivity contribution < 1.29 is 19.4 Å². The fourth-order valence-electron chi connectivity index (χ4n) is 2.21. The van der Waals surface area contributed by atoms with Gasteiger partial charge in [0, 0.05) is 18.0 Å². The summed E-state index contributed by atoms with van der Waals surface area (Å²) in [7, 11) is 0. The molecule has 104 valence electrons. The van der Waals surface area contributed by atoms with E-state index in [4.69, 9.17) is 20.3 Å². The molecule has 5 heteroatoms. The minimum Gasteiger partial charge on any atom is -0.486 e. The Morgan fingerprint density at radius 3 is 2.63 bits per heavy atom. The molecule has 0 fully saturated rings. The number of fused-ring (bicyclic) bond motifs is 1. The standard InChI is InChI=1S/C14H19NO4/c1-8-7-10(11(15)3-4-12(16)17)14-13(9(8)2)18-5-6-19-14/h7,11H,3-6,15H2,1-2H3,(H,16,17). The predicted octanol–water partition coefficient (Wildman–Crippen LogP) is 1.94. The topological polar surface area (TPSA) is 81.8 Å². The molecule has 0 amide bonds. The van der Waals surface area contributed by atoms with E-state index in [1.54, 1.807) is 0 Å². The highest BCUT2D eigenvalue weighted by Crippen LogP contribution is 2.41. The summed E-state index contributed by atoms with van der Waals surface area (Å²) in [6.07, 6.45) is 0.428. The van der Waals surface area contributed by atoms with Crippen molar-refractivity contribution in [2.75, 3.05) is 13.2 Å². The Morgan fingerprint density at radius 1 is 1.37 bits per heavy atom. The van der Waals surface area contributed by atoms with Crippen LogP contribution in [0.2, 0.25) is 0 Å². The third-order valence-corrected chi connectivity index (χ3v) is 3.42. The SMILES string of the molecule is Cc1cc(C(N)CCC(=O)O)c2c(c1C)OCCO2. The molecule has 1 atom stereocenters. The van der Waals surface area contributed by atoms with Crippen LogP contribution in [-0.4, -0.2) is 24.3 Å². The highest BCUT2D eigenvalue weighted by Gasteiger charge is 2.23. The summed E-state index contributed by atoms with van der Waals surface area (Å²) in [5.74, 6) is 0.574. The molecule has 0 bridgehead atoms. The van der Waals surface area contributed by atoms with Gasteiger partial charge in [-0.05, 0) is 31.4 Å². The highest BCUT2D eigenvalue weighted by atomic mass is 16.6. The molecule has 1 aromatic rings. The van der Waals surface area contributed by atoms with Gasteiger partial charge in [-0.1, -0.05) is 6.07 Å². The van der Waals surface area contributed by atoms with E-state index in [0.29, 0.717) is 25.4 Å². The average Bonchev–Trinajstić information content (AvgIpc) is 2.40. The van der Waals surface area contributed by atoms with Gasteiger partial charge >= 0.3 is 5.97 Å². The molecule has 0 aliphatic carbocycles. The molecule has 3 N–H and O–H groups in total. The first-order valence-electron chi connectivity index (χ1n) is 6.37. The number of carboxylic acid groups (broad SMARTS) is 1. The van der Waals surface area contributed by atoms with Crippen LogP contribution in [-0.2, 0) is 4.79 Å². The normalized spacial score (nSPS) is 15.1. The Hall–Kier alpha value is -1.75. The fourth-order valence-corrected chi connectivity index (χ4v) is 2.21. The van der Waals surface area contributed by atoms with E-state index in [1.807, 2.05) is 19.9 Å². The van der Waals surface area contributed by atoms with Crippen molar-refractivity contribution >= 4 is 5.97 Å². The Labute approximate surface area is 112 Å². The van der Waals surface area contributed by atoms with Crippen molar-refractivity contribution in [3.8, 4) is 11.5 Å². The van der Waals surface area contributed by atoms with Gasteiger partial charge in [0.1, 0.15) is 13.2 Å². The lowest BCUT2D eigenvalue weighted by Crippen LogP contribution is -2.21. The van der Waals surface area contributed by atoms with Crippen molar-refractivity contribution in [2.24, 2.45) is 5.73 Å². The average molecular weight is 265 g/mol. The first-order chi connectivity index (χ1) is 9.00. The van der Waals surface area contributed by atoms with Gasteiger partial charge in [0.2, 0.25) is 0 Å². The second-order valence-electron chi connectivity index (χ2n) is 4.80. The van der Waals surface area contributed by atoms with Crippen LogP contribution in [0, 0.1) is 13.8 Å². The zero-order valence-electron chi connectivity index (χ0n) is 11.2. The third kappa shape index (κ3) is 2.81. The van der Waals surface area contributed by atoms with Gasteiger partial charge in [-0.2, -0.15) is 0 Å². The van der Waals surface area contributed by atoms with E-state index in [1.165, 1.54) is 0 Å². The minimum absolute atomic E-state index is 0.0454. The van der Waals surface area contributed by atoms with Crippen LogP contribution >= 0.6 is 0 Å². The molecule has 1 aliphatic heterocycles. The molecule has 1 aromatic carbocycles. The van der Waals surface area contributed by atoms with E-state index in [2.05, 4.69) is 0 Å². The van der Waals surface area contributed by atoms with Crippen LogP contribution in [0.1, 0.15) is 35.6 Å². The second kappa shape index (κ2) is 5.48. The summed E-state index contributed by atoms with van der Waals surface area (Å²) >= 11 is 0. The quantitative estimate of drug-likeness (QED) is 0.869. The van der Waals surface area contributed by atoms with Crippen LogP contribution < -0.4 is 15.2 Å². The number of ether oxygens (including phenoxy) is 2. The molecule has 19 heavy (non-hydrogen) atoms. The highest BCUT2D eigenvalue weighted by molar-refractivity contribution is 5.67. The van der Waals surface area contributed by atoms with E-state index in [9.17, 15) is 4.79 Å². The molecule has 0 aromatic heterocycles.